The highest BCUT2D eigenvalue weighted by molar-refractivity contribution is 5.77. The molecule has 0 aliphatic carbocycles. The topological polar surface area (TPSA) is 68.3 Å². The largest absolute Gasteiger partial charge is 0.459 e. The van der Waals surface area contributed by atoms with Gasteiger partial charge in [0.15, 0.2) is 0 Å². The Morgan fingerprint density at radius 1 is 1.10 bits per heavy atom. The smallest absolute Gasteiger partial charge is 0.292 e. The molecule has 20 heavy (non-hydrogen) atoms. The molecule has 0 bridgehead atoms. The lowest BCUT2D eigenvalue weighted by Gasteiger charge is -2.04. The van der Waals surface area contributed by atoms with Gasteiger partial charge in [0.25, 0.3) is 5.69 Å². The third-order valence-corrected chi connectivity index (χ3v) is 3.03. The molecular formula is C15H12N2O3. The van der Waals surface area contributed by atoms with E-state index in [1.807, 2.05) is 30.3 Å². The second-order valence-electron chi connectivity index (χ2n) is 4.38. The fourth-order valence-electron chi connectivity index (χ4n) is 2.09. The van der Waals surface area contributed by atoms with Crippen LogP contribution in [0.15, 0.2) is 59.0 Å². The van der Waals surface area contributed by atoms with Crippen molar-refractivity contribution in [2.45, 2.75) is 6.54 Å². The number of rotatable bonds is 4. The van der Waals surface area contributed by atoms with Crippen LogP contribution < -0.4 is 5.32 Å². The standard InChI is InChI=1S/C15H12N2O3/c18-17(19)14-7-3-2-6-13(14)16-10-12-9-11-5-1-4-8-15(11)20-12/h1-9,16H,10H2. The zero-order valence-corrected chi connectivity index (χ0v) is 10.6. The summed E-state index contributed by atoms with van der Waals surface area (Å²) in [5.41, 5.74) is 1.36. The first-order valence-electron chi connectivity index (χ1n) is 6.19. The van der Waals surface area contributed by atoms with Gasteiger partial charge in [-0.1, -0.05) is 30.3 Å². The molecule has 1 heterocycles. The van der Waals surface area contributed by atoms with E-state index in [4.69, 9.17) is 4.42 Å². The third-order valence-electron chi connectivity index (χ3n) is 3.03. The first-order valence-corrected chi connectivity index (χ1v) is 6.19. The number of nitrogens with zero attached hydrogens (tertiary/aromatic N) is 1. The molecule has 0 saturated heterocycles. The molecular weight excluding hydrogens is 256 g/mol. The number of hydrogen-bond acceptors (Lipinski definition) is 4. The van der Waals surface area contributed by atoms with E-state index in [2.05, 4.69) is 5.32 Å². The van der Waals surface area contributed by atoms with Gasteiger partial charge in [0.2, 0.25) is 0 Å². The van der Waals surface area contributed by atoms with Gasteiger partial charge in [-0.15, -0.1) is 0 Å². The molecule has 0 fully saturated rings. The molecule has 0 aliphatic heterocycles. The number of hydrogen-bond donors (Lipinski definition) is 1. The van der Waals surface area contributed by atoms with Crippen LogP contribution in [-0.4, -0.2) is 4.92 Å². The first-order chi connectivity index (χ1) is 9.74. The Labute approximate surface area is 115 Å². The molecule has 0 amide bonds. The zero-order chi connectivity index (χ0) is 13.9. The first kappa shape index (κ1) is 12.2. The molecule has 2 aromatic carbocycles. The van der Waals surface area contributed by atoms with Crippen molar-refractivity contribution in [2.24, 2.45) is 0 Å². The second kappa shape index (κ2) is 5.05. The van der Waals surface area contributed by atoms with Gasteiger partial charge in [-0.3, -0.25) is 10.1 Å². The molecule has 0 aliphatic rings. The lowest BCUT2D eigenvalue weighted by Crippen LogP contribution is -2.01. The Morgan fingerprint density at radius 3 is 2.65 bits per heavy atom. The van der Waals surface area contributed by atoms with E-state index < -0.39 is 4.92 Å². The fourth-order valence-corrected chi connectivity index (χ4v) is 2.09. The zero-order valence-electron chi connectivity index (χ0n) is 10.6. The van der Waals surface area contributed by atoms with Crippen LogP contribution in [0.3, 0.4) is 0 Å². The van der Waals surface area contributed by atoms with Crippen LogP contribution in [-0.2, 0) is 6.54 Å². The number of benzene rings is 2. The van der Waals surface area contributed by atoms with E-state index in [0.717, 1.165) is 16.7 Å². The Bertz CT molecular complexity index is 731. The van der Waals surface area contributed by atoms with Gasteiger partial charge in [0.1, 0.15) is 17.0 Å². The molecule has 0 spiro atoms. The van der Waals surface area contributed by atoms with Gasteiger partial charge >= 0.3 is 0 Å². The maximum Gasteiger partial charge on any atom is 0.292 e. The van der Waals surface area contributed by atoms with Crippen LogP contribution in [0, 0.1) is 10.1 Å². The lowest BCUT2D eigenvalue weighted by atomic mass is 10.2. The minimum Gasteiger partial charge on any atom is -0.459 e. The van der Waals surface area contributed by atoms with E-state index in [0.29, 0.717) is 12.2 Å². The summed E-state index contributed by atoms with van der Waals surface area (Å²) in [7, 11) is 0. The highest BCUT2D eigenvalue weighted by Crippen LogP contribution is 2.25. The summed E-state index contributed by atoms with van der Waals surface area (Å²) < 4.78 is 5.66. The normalized spacial score (nSPS) is 10.6. The summed E-state index contributed by atoms with van der Waals surface area (Å²) in [6.07, 6.45) is 0. The predicted octanol–water partition coefficient (Wildman–Crippen LogP) is 3.95. The molecule has 0 unspecified atom stereocenters. The van der Waals surface area contributed by atoms with Crippen LogP contribution in [0.1, 0.15) is 5.76 Å². The average Bonchev–Trinajstić information content (AvgIpc) is 2.88. The van der Waals surface area contributed by atoms with Gasteiger partial charge < -0.3 is 9.73 Å². The highest BCUT2D eigenvalue weighted by Gasteiger charge is 2.12. The number of anilines is 1. The lowest BCUT2D eigenvalue weighted by molar-refractivity contribution is -0.384. The Balaban J connectivity index is 1.81. The van der Waals surface area contributed by atoms with Crippen LogP contribution in [0.5, 0.6) is 0 Å². The van der Waals surface area contributed by atoms with E-state index in [-0.39, 0.29) is 5.69 Å². The molecule has 5 heteroatoms. The summed E-state index contributed by atoms with van der Waals surface area (Å²) in [5, 5.41) is 15.0. The highest BCUT2D eigenvalue weighted by atomic mass is 16.6. The number of para-hydroxylation sites is 3. The molecule has 0 saturated carbocycles. The molecule has 5 nitrogen and oxygen atoms in total. The van der Waals surface area contributed by atoms with Crippen LogP contribution in [0.25, 0.3) is 11.0 Å². The maximum absolute atomic E-state index is 10.9. The number of furan rings is 1. The minimum atomic E-state index is -0.402. The second-order valence-corrected chi connectivity index (χ2v) is 4.38. The quantitative estimate of drug-likeness (QED) is 0.574. The van der Waals surface area contributed by atoms with E-state index >= 15 is 0 Å². The summed E-state index contributed by atoms with van der Waals surface area (Å²) >= 11 is 0. The molecule has 3 rings (SSSR count). The minimum absolute atomic E-state index is 0.0589. The summed E-state index contributed by atoms with van der Waals surface area (Å²) in [6, 6.07) is 16.2. The van der Waals surface area contributed by atoms with E-state index in [1.165, 1.54) is 6.07 Å². The third kappa shape index (κ3) is 2.33. The molecule has 0 atom stereocenters. The number of nitrogens with one attached hydrogen (secondary N) is 1. The molecule has 3 aromatic rings. The van der Waals surface area contributed by atoms with Gasteiger partial charge in [0.05, 0.1) is 11.5 Å². The Hall–Kier alpha value is -2.82. The van der Waals surface area contributed by atoms with Crippen LogP contribution >= 0.6 is 0 Å². The van der Waals surface area contributed by atoms with Crippen LogP contribution in [0.2, 0.25) is 0 Å². The maximum atomic E-state index is 10.9. The van der Waals surface area contributed by atoms with Crippen molar-refractivity contribution in [3.63, 3.8) is 0 Å². The van der Waals surface area contributed by atoms with Gasteiger partial charge in [-0.05, 0) is 18.2 Å². The summed E-state index contributed by atoms with van der Waals surface area (Å²) in [5.74, 6) is 0.740. The van der Waals surface area contributed by atoms with Crippen molar-refractivity contribution in [3.8, 4) is 0 Å². The monoisotopic (exact) mass is 268 g/mol. The van der Waals surface area contributed by atoms with Gasteiger partial charge in [0, 0.05) is 11.5 Å². The van der Waals surface area contributed by atoms with Crippen molar-refractivity contribution >= 4 is 22.3 Å². The number of nitro groups is 1. The fraction of sp³-hybridized carbons (Fsp3) is 0.0667. The Morgan fingerprint density at radius 2 is 1.85 bits per heavy atom. The Kier molecular flexibility index (Phi) is 3.09. The van der Waals surface area contributed by atoms with E-state index in [9.17, 15) is 10.1 Å². The van der Waals surface area contributed by atoms with Crippen LogP contribution in [0.4, 0.5) is 11.4 Å². The van der Waals surface area contributed by atoms with Crippen molar-refractivity contribution < 1.29 is 9.34 Å². The van der Waals surface area contributed by atoms with E-state index in [1.54, 1.807) is 18.2 Å². The van der Waals surface area contributed by atoms with Crippen molar-refractivity contribution in [3.05, 3.63) is 70.5 Å². The molecule has 1 N–H and O–H groups in total. The van der Waals surface area contributed by atoms with Gasteiger partial charge in [-0.2, -0.15) is 0 Å². The number of nitro benzene ring substituents is 1. The van der Waals surface area contributed by atoms with Crippen molar-refractivity contribution in [2.75, 3.05) is 5.32 Å². The molecule has 0 radical (unpaired) electrons. The molecule has 1 aromatic heterocycles. The van der Waals surface area contributed by atoms with Crippen molar-refractivity contribution in [1.82, 2.24) is 0 Å². The molecule has 100 valence electrons. The summed E-state index contributed by atoms with van der Waals surface area (Å²) in [4.78, 5) is 10.5. The summed E-state index contributed by atoms with van der Waals surface area (Å²) in [6.45, 7) is 0.402. The number of fused-ring (bicyclic) bond motifs is 1. The SMILES string of the molecule is O=[N+]([O-])c1ccccc1NCc1cc2ccccc2o1. The van der Waals surface area contributed by atoms with Gasteiger partial charge in [-0.25, -0.2) is 0 Å². The van der Waals surface area contributed by atoms with Crippen molar-refractivity contribution in [1.29, 1.82) is 0 Å². The predicted molar refractivity (Wildman–Crippen MR) is 76.6 cm³/mol. The average molecular weight is 268 g/mol.